The molecule has 1 amide bonds. The lowest BCUT2D eigenvalue weighted by molar-refractivity contribution is -0.141. The third-order valence-corrected chi connectivity index (χ3v) is 6.20. The van der Waals surface area contributed by atoms with Gasteiger partial charge in [-0.25, -0.2) is 9.37 Å². The van der Waals surface area contributed by atoms with Crippen LogP contribution in [0.1, 0.15) is 45.2 Å². The fraction of sp³-hybridized carbons (Fsp3) is 0.364. The third kappa shape index (κ3) is 5.68. The van der Waals surface area contributed by atoms with E-state index in [1.165, 1.54) is 12.1 Å². The number of amides is 1. The number of aromatic nitrogens is 3. The van der Waals surface area contributed by atoms with Crippen molar-refractivity contribution in [1.29, 1.82) is 0 Å². The summed E-state index contributed by atoms with van der Waals surface area (Å²) in [4.78, 5) is 20.6. The van der Waals surface area contributed by atoms with Crippen LogP contribution in [0.2, 0.25) is 0 Å². The first-order chi connectivity index (χ1) is 16.2. The zero-order chi connectivity index (χ0) is 24.3. The Balaban J connectivity index is 1.45. The highest BCUT2D eigenvalue weighted by molar-refractivity contribution is 7.06. The molecule has 0 bridgehead atoms. The Morgan fingerprint density at radius 1 is 1.24 bits per heavy atom. The molecule has 0 radical (unpaired) electrons. The number of carbonyl (C=O) groups excluding carboxylic acids is 1. The first kappa shape index (κ1) is 24.0. The van der Waals surface area contributed by atoms with Crippen molar-refractivity contribution in [1.82, 2.24) is 19.7 Å². The molecule has 1 aromatic carbocycles. The van der Waals surface area contributed by atoms with Crippen molar-refractivity contribution >= 4 is 23.1 Å². The van der Waals surface area contributed by atoms with Crippen molar-refractivity contribution in [2.45, 2.75) is 38.5 Å². The smallest absolute Gasteiger partial charge is 0.434 e. The van der Waals surface area contributed by atoms with E-state index in [1.807, 2.05) is 0 Å². The molecule has 0 saturated carbocycles. The number of hydrogen-bond acceptors (Lipinski definition) is 7. The first-order valence-electron chi connectivity index (χ1n) is 10.5. The quantitative estimate of drug-likeness (QED) is 0.494. The largest absolute Gasteiger partial charge is 0.487 e. The maximum absolute atomic E-state index is 14.6. The van der Waals surface area contributed by atoms with Crippen LogP contribution in [0, 0.1) is 12.7 Å². The molecule has 34 heavy (non-hydrogen) atoms. The molecule has 4 rings (SSSR count). The minimum atomic E-state index is -4.58. The lowest BCUT2D eigenvalue weighted by atomic mass is 10.1. The molecule has 3 heterocycles. The molecular formula is C22H21F4N5O2S. The van der Waals surface area contributed by atoms with Crippen LogP contribution >= 0.6 is 11.5 Å². The molecule has 1 aliphatic heterocycles. The second-order valence-corrected chi connectivity index (χ2v) is 8.66. The van der Waals surface area contributed by atoms with Crippen LogP contribution in [0.3, 0.4) is 0 Å². The van der Waals surface area contributed by atoms with Gasteiger partial charge in [0.25, 0.3) is 5.91 Å². The molecule has 3 aromatic rings. The minimum Gasteiger partial charge on any atom is -0.487 e. The molecule has 180 valence electrons. The second kappa shape index (κ2) is 10.0. The highest BCUT2D eigenvalue weighted by Gasteiger charge is 2.32. The van der Waals surface area contributed by atoms with Crippen LogP contribution in [-0.2, 0) is 12.6 Å². The third-order valence-electron chi connectivity index (χ3n) is 5.27. The van der Waals surface area contributed by atoms with Crippen molar-refractivity contribution in [3.63, 3.8) is 0 Å². The van der Waals surface area contributed by atoms with E-state index in [2.05, 4.69) is 25.0 Å². The number of hydrogen-bond donors (Lipinski definition) is 2. The van der Waals surface area contributed by atoms with E-state index in [0.29, 0.717) is 16.8 Å². The van der Waals surface area contributed by atoms with Gasteiger partial charge in [-0.1, -0.05) is 0 Å². The summed E-state index contributed by atoms with van der Waals surface area (Å²) in [5.41, 5.74) is 0.123. The van der Waals surface area contributed by atoms with E-state index in [9.17, 15) is 22.4 Å². The van der Waals surface area contributed by atoms with Gasteiger partial charge >= 0.3 is 6.18 Å². The summed E-state index contributed by atoms with van der Waals surface area (Å²) < 4.78 is 62.6. The number of ether oxygens (including phenoxy) is 1. The van der Waals surface area contributed by atoms with Gasteiger partial charge in [0.1, 0.15) is 6.10 Å². The molecule has 12 heteroatoms. The number of carbonyl (C=O) groups is 1. The zero-order valence-corrected chi connectivity index (χ0v) is 18.9. The van der Waals surface area contributed by atoms with Gasteiger partial charge in [-0.3, -0.25) is 9.78 Å². The molecule has 7 nitrogen and oxygen atoms in total. The second-order valence-electron chi connectivity index (χ2n) is 7.80. The Morgan fingerprint density at radius 3 is 2.65 bits per heavy atom. The van der Waals surface area contributed by atoms with Gasteiger partial charge in [0, 0.05) is 29.2 Å². The van der Waals surface area contributed by atoms with Gasteiger partial charge in [-0.15, -0.1) is 0 Å². The van der Waals surface area contributed by atoms with E-state index in [-0.39, 0.29) is 35.2 Å². The number of alkyl halides is 3. The Kier molecular flexibility index (Phi) is 7.08. The van der Waals surface area contributed by atoms with E-state index in [1.54, 1.807) is 13.0 Å². The van der Waals surface area contributed by atoms with Gasteiger partial charge in [0.05, 0.1) is 23.1 Å². The summed E-state index contributed by atoms with van der Waals surface area (Å²) in [6.07, 6.45) is -1.32. The number of rotatable bonds is 6. The maximum atomic E-state index is 14.6. The van der Waals surface area contributed by atoms with Crippen molar-refractivity contribution in [2.75, 3.05) is 18.4 Å². The predicted molar refractivity (Wildman–Crippen MR) is 118 cm³/mol. The average molecular weight is 496 g/mol. The number of piperidine rings is 1. The normalized spacial score (nSPS) is 14.7. The number of nitrogens with zero attached hydrogens (tertiary/aromatic N) is 3. The zero-order valence-electron chi connectivity index (χ0n) is 18.1. The number of nitrogens with one attached hydrogen (secondary N) is 2. The average Bonchev–Trinajstić information content (AvgIpc) is 3.16. The predicted octanol–water partition coefficient (Wildman–Crippen LogP) is 4.37. The Morgan fingerprint density at radius 2 is 2.00 bits per heavy atom. The van der Waals surface area contributed by atoms with Crippen molar-refractivity contribution in [2.24, 2.45) is 0 Å². The highest BCUT2D eigenvalue weighted by Crippen LogP contribution is 2.28. The molecule has 2 N–H and O–H groups in total. The molecule has 1 fully saturated rings. The van der Waals surface area contributed by atoms with E-state index in [0.717, 1.165) is 43.7 Å². The van der Waals surface area contributed by atoms with Gasteiger partial charge in [0.2, 0.25) is 0 Å². The number of aryl methyl sites for hydroxylation is 1. The molecule has 2 aromatic heterocycles. The monoisotopic (exact) mass is 495 g/mol. The minimum absolute atomic E-state index is 0.0634. The summed E-state index contributed by atoms with van der Waals surface area (Å²) in [6, 6.07) is 4.21. The molecule has 1 saturated heterocycles. The van der Waals surface area contributed by atoms with E-state index >= 15 is 0 Å². The summed E-state index contributed by atoms with van der Waals surface area (Å²) in [7, 11) is 0. The van der Waals surface area contributed by atoms with Crippen molar-refractivity contribution in [3.05, 3.63) is 63.9 Å². The highest BCUT2D eigenvalue weighted by atomic mass is 32.1. The van der Waals surface area contributed by atoms with Gasteiger partial charge in [-0.2, -0.15) is 17.5 Å². The van der Waals surface area contributed by atoms with Gasteiger partial charge < -0.3 is 15.4 Å². The van der Waals surface area contributed by atoms with Crippen LogP contribution in [0.5, 0.6) is 5.75 Å². The molecule has 0 spiro atoms. The molecule has 1 aliphatic rings. The fourth-order valence-corrected chi connectivity index (χ4v) is 4.43. The number of halogens is 4. The van der Waals surface area contributed by atoms with Crippen LogP contribution in [0.15, 0.2) is 30.6 Å². The molecule has 0 atom stereocenters. The van der Waals surface area contributed by atoms with Crippen molar-refractivity contribution < 1.29 is 27.1 Å². The number of anilines is 1. The summed E-state index contributed by atoms with van der Waals surface area (Å²) in [5, 5.41) is 5.86. The lowest BCUT2D eigenvalue weighted by Crippen LogP contribution is -2.34. The van der Waals surface area contributed by atoms with Crippen molar-refractivity contribution in [3.8, 4) is 5.75 Å². The summed E-state index contributed by atoms with van der Waals surface area (Å²) >= 11 is 1.04. The van der Waals surface area contributed by atoms with E-state index in [4.69, 9.17) is 4.74 Å². The Bertz CT molecular complexity index is 1160. The maximum Gasteiger partial charge on any atom is 0.434 e. The van der Waals surface area contributed by atoms with Crippen LogP contribution < -0.4 is 15.4 Å². The topological polar surface area (TPSA) is 89.0 Å². The van der Waals surface area contributed by atoms with Gasteiger partial charge in [0.15, 0.2) is 17.3 Å². The molecular weight excluding hydrogens is 474 g/mol. The molecule has 0 aliphatic carbocycles. The summed E-state index contributed by atoms with van der Waals surface area (Å²) in [6.45, 7) is 3.27. The Hall–Kier alpha value is -3.12. The summed E-state index contributed by atoms with van der Waals surface area (Å²) in [5.74, 6) is -0.968. The first-order valence-corrected chi connectivity index (χ1v) is 11.3. The van der Waals surface area contributed by atoms with Crippen LogP contribution in [0.25, 0.3) is 0 Å². The molecule has 0 unspecified atom stereocenters. The van der Waals surface area contributed by atoms with Gasteiger partial charge in [-0.05, 0) is 56.5 Å². The SMILES string of the molecule is Cc1nsc(Cc2cnc(C(F)(F)F)cn2)c1C(=O)Nc1ccc(OC2CCNCC2)c(F)c1. The number of benzene rings is 1. The lowest BCUT2D eigenvalue weighted by Gasteiger charge is -2.24. The standard InChI is InChI=1S/C22H21F4N5O2S/c1-12-20(18(34-31-12)9-14-10-29-19(11-28-14)22(24,25)26)21(32)30-13-2-3-17(16(23)8-13)33-15-4-6-27-7-5-15/h2-3,8,10-11,15,27H,4-7,9H2,1H3,(H,30,32). The fourth-order valence-electron chi connectivity index (χ4n) is 3.55. The Labute approximate surface area is 196 Å². The van der Waals surface area contributed by atoms with Crippen LogP contribution in [-0.4, -0.2) is 39.4 Å². The van der Waals surface area contributed by atoms with E-state index < -0.39 is 23.6 Å². The van der Waals surface area contributed by atoms with Crippen LogP contribution in [0.4, 0.5) is 23.2 Å².